The number of hydrogen-bond acceptors (Lipinski definition) is 6. The first kappa shape index (κ1) is 18.8. The molecule has 8 nitrogen and oxygen atoms in total. The molecule has 0 saturated heterocycles. The summed E-state index contributed by atoms with van der Waals surface area (Å²) < 4.78 is 33.0. The predicted molar refractivity (Wildman–Crippen MR) is 101 cm³/mol. The van der Waals surface area contributed by atoms with Gasteiger partial charge in [-0.3, -0.25) is 9.10 Å². The van der Waals surface area contributed by atoms with Crippen LogP contribution in [0.4, 0.5) is 5.82 Å². The van der Waals surface area contributed by atoms with E-state index in [9.17, 15) is 13.2 Å². The molecule has 0 bridgehead atoms. The summed E-state index contributed by atoms with van der Waals surface area (Å²) >= 11 is 0. The Hall–Kier alpha value is -2.94. The van der Waals surface area contributed by atoms with E-state index < -0.39 is 10.0 Å². The number of ether oxygens (including phenoxy) is 1. The highest BCUT2D eigenvalue weighted by molar-refractivity contribution is 7.89. The van der Waals surface area contributed by atoms with E-state index in [1.807, 2.05) is 6.92 Å². The second-order valence-electron chi connectivity index (χ2n) is 5.98. The van der Waals surface area contributed by atoms with Crippen LogP contribution in [0.25, 0.3) is 11.1 Å². The Labute approximate surface area is 157 Å². The molecular formula is C18H20N4O4S. The number of aromatic nitrogens is 2. The van der Waals surface area contributed by atoms with Gasteiger partial charge in [0.05, 0.1) is 6.54 Å². The fourth-order valence-electron chi connectivity index (χ4n) is 2.71. The third-order valence-corrected chi connectivity index (χ3v) is 5.95. The molecule has 0 unspecified atom stereocenters. The molecule has 1 amide bonds. The molecule has 1 aliphatic rings. The lowest BCUT2D eigenvalue weighted by atomic mass is 10.1. The maximum absolute atomic E-state index is 13.1. The molecule has 1 N–H and O–H groups in total. The van der Waals surface area contributed by atoms with Gasteiger partial charge in [0.25, 0.3) is 10.0 Å². The van der Waals surface area contributed by atoms with Gasteiger partial charge in [-0.2, -0.15) is 0 Å². The lowest BCUT2D eigenvalue weighted by molar-refractivity contribution is -0.114. The SMILES string of the molecule is C=C(CC)N1CCOc2ncc(-c3ccnc(NC(C)=O)c3)cc2S1(=O)=O. The number of carbonyl (C=O) groups is 1. The largest absolute Gasteiger partial charge is 0.475 e. The second kappa shape index (κ2) is 7.36. The fourth-order valence-corrected chi connectivity index (χ4v) is 4.34. The second-order valence-corrected chi connectivity index (χ2v) is 7.81. The smallest absolute Gasteiger partial charge is 0.269 e. The number of nitrogens with zero attached hydrogens (tertiary/aromatic N) is 3. The van der Waals surface area contributed by atoms with Crippen LogP contribution in [0, 0.1) is 0 Å². The number of anilines is 1. The van der Waals surface area contributed by atoms with Gasteiger partial charge in [0.1, 0.15) is 12.4 Å². The number of rotatable bonds is 4. The zero-order valence-corrected chi connectivity index (χ0v) is 15.9. The van der Waals surface area contributed by atoms with Gasteiger partial charge in [0, 0.05) is 30.6 Å². The van der Waals surface area contributed by atoms with E-state index in [1.54, 1.807) is 12.1 Å². The van der Waals surface area contributed by atoms with E-state index in [4.69, 9.17) is 4.74 Å². The van der Waals surface area contributed by atoms with Gasteiger partial charge in [-0.15, -0.1) is 0 Å². The van der Waals surface area contributed by atoms with Crippen molar-refractivity contribution >= 4 is 21.7 Å². The Kier molecular flexibility index (Phi) is 5.13. The number of hydrogen-bond donors (Lipinski definition) is 1. The molecule has 2 aromatic rings. The van der Waals surface area contributed by atoms with Crippen LogP contribution in [0.15, 0.2) is 47.8 Å². The average molecular weight is 388 g/mol. The summed E-state index contributed by atoms with van der Waals surface area (Å²) in [5.74, 6) is 0.195. The minimum atomic E-state index is -3.83. The number of allylic oxidation sites excluding steroid dienone is 1. The topological polar surface area (TPSA) is 101 Å². The van der Waals surface area contributed by atoms with E-state index >= 15 is 0 Å². The Morgan fingerprint density at radius 1 is 1.33 bits per heavy atom. The lowest BCUT2D eigenvalue weighted by Gasteiger charge is -2.22. The molecule has 0 saturated carbocycles. The summed E-state index contributed by atoms with van der Waals surface area (Å²) in [6.45, 7) is 7.46. The first-order valence-corrected chi connectivity index (χ1v) is 9.84. The molecule has 0 radical (unpaired) electrons. The lowest BCUT2D eigenvalue weighted by Crippen LogP contribution is -2.31. The van der Waals surface area contributed by atoms with Crippen LogP contribution in [-0.2, 0) is 14.8 Å². The maximum atomic E-state index is 13.1. The standard InChI is InChI=1S/C18H20N4O4S/c1-4-12(2)22-7-8-26-18-16(27(22,24)25)9-15(11-20-18)14-5-6-19-17(10-14)21-13(3)23/h5-6,9-11H,2,4,7-8H2,1,3H3,(H,19,21,23). The molecule has 3 heterocycles. The van der Waals surface area contributed by atoms with Gasteiger partial charge < -0.3 is 10.1 Å². The van der Waals surface area contributed by atoms with E-state index in [2.05, 4.69) is 21.9 Å². The summed E-state index contributed by atoms with van der Waals surface area (Å²) in [5.41, 5.74) is 1.73. The summed E-state index contributed by atoms with van der Waals surface area (Å²) in [7, 11) is -3.83. The first-order valence-electron chi connectivity index (χ1n) is 8.40. The van der Waals surface area contributed by atoms with Crippen LogP contribution in [0.2, 0.25) is 0 Å². The Balaban J connectivity index is 2.07. The predicted octanol–water partition coefficient (Wildman–Crippen LogP) is 2.41. The summed E-state index contributed by atoms with van der Waals surface area (Å²) in [4.78, 5) is 19.5. The maximum Gasteiger partial charge on any atom is 0.269 e. The normalized spacial score (nSPS) is 15.3. The molecule has 27 heavy (non-hydrogen) atoms. The molecule has 0 aliphatic carbocycles. The Morgan fingerprint density at radius 3 is 2.81 bits per heavy atom. The van der Waals surface area contributed by atoms with Crippen molar-refractivity contribution in [1.82, 2.24) is 14.3 Å². The van der Waals surface area contributed by atoms with Gasteiger partial charge in [-0.25, -0.2) is 18.4 Å². The molecular weight excluding hydrogens is 368 g/mol. The van der Waals surface area contributed by atoms with Crippen LogP contribution in [0.1, 0.15) is 20.3 Å². The van der Waals surface area contributed by atoms with Crippen molar-refractivity contribution in [3.63, 3.8) is 0 Å². The molecule has 1 aliphatic heterocycles. The van der Waals surface area contributed by atoms with Crippen LogP contribution in [0.3, 0.4) is 0 Å². The summed E-state index contributed by atoms with van der Waals surface area (Å²) in [5, 5.41) is 2.60. The van der Waals surface area contributed by atoms with Crippen molar-refractivity contribution in [1.29, 1.82) is 0 Å². The van der Waals surface area contributed by atoms with E-state index in [0.717, 1.165) is 0 Å². The van der Waals surface area contributed by atoms with Gasteiger partial charge in [-0.1, -0.05) is 13.5 Å². The molecule has 0 atom stereocenters. The van der Waals surface area contributed by atoms with Crippen molar-refractivity contribution in [2.75, 3.05) is 18.5 Å². The van der Waals surface area contributed by atoms with E-state index in [1.165, 1.54) is 29.7 Å². The quantitative estimate of drug-likeness (QED) is 0.863. The molecule has 2 aromatic heterocycles. The number of sulfonamides is 1. The number of carbonyl (C=O) groups excluding carboxylic acids is 1. The van der Waals surface area contributed by atoms with Crippen LogP contribution in [-0.4, -0.2) is 41.7 Å². The van der Waals surface area contributed by atoms with Crippen molar-refractivity contribution in [2.45, 2.75) is 25.2 Å². The first-order chi connectivity index (χ1) is 12.8. The average Bonchev–Trinajstić information content (AvgIpc) is 2.76. The minimum absolute atomic E-state index is 0.00927. The zero-order valence-electron chi connectivity index (χ0n) is 15.1. The van der Waals surface area contributed by atoms with E-state index in [-0.39, 0.29) is 29.8 Å². The van der Waals surface area contributed by atoms with Gasteiger partial charge >= 0.3 is 0 Å². The zero-order chi connectivity index (χ0) is 19.6. The van der Waals surface area contributed by atoms with Crippen LogP contribution >= 0.6 is 0 Å². The third kappa shape index (κ3) is 3.77. The number of nitrogens with one attached hydrogen (secondary N) is 1. The molecule has 0 fully saturated rings. The molecule has 142 valence electrons. The van der Waals surface area contributed by atoms with Crippen molar-refractivity contribution in [3.8, 4) is 17.0 Å². The van der Waals surface area contributed by atoms with E-state index in [0.29, 0.717) is 29.1 Å². The number of amides is 1. The molecule has 9 heteroatoms. The highest BCUT2D eigenvalue weighted by Crippen LogP contribution is 2.33. The number of fused-ring (bicyclic) bond motifs is 1. The highest BCUT2D eigenvalue weighted by atomic mass is 32.2. The van der Waals surface area contributed by atoms with Crippen molar-refractivity contribution in [3.05, 3.63) is 42.9 Å². The molecule has 0 aromatic carbocycles. The Bertz CT molecular complexity index is 1000. The monoisotopic (exact) mass is 388 g/mol. The van der Waals surface area contributed by atoms with Gasteiger partial charge in [0.15, 0.2) is 4.90 Å². The fraction of sp³-hybridized carbons (Fsp3) is 0.278. The summed E-state index contributed by atoms with van der Waals surface area (Å²) in [6, 6.07) is 4.88. The van der Waals surface area contributed by atoms with Crippen LogP contribution < -0.4 is 10.1 Å². The van der Waals surface area contributed by atoms with Crippen LogP contribution in [0.5, 0.6) is 5.88 Å². The molecule has 3 rings (SSSR count). The third-order valence-electron chi connectivity index (χ3n) is 4.08. The number of pyridine rings is 2. The Morgan fingerprint density at radius 2 is 2.11 bits per heavy atom. The highest BCUT2D eigenvalue weighted by Gasteiger charge is 2.32. The van der Waals surface area contributed by atoms with Gasteiger partial charge in [0.2, 0.25) is 11.8 Å². The van der Waals surface area contributed by atoms with Gasteiger partial charge in [-0.05, 0) is 30.2 Å². The molecule has 0 spiro atoms. The minimum Gasteiger partial charge on any atom is -0.475 e. The van der Waals surface area contributed by atoms with Crippen molar-refractivity contribution in [2.24, 2.45) is 0 Å². The summed E-state index contributed by atoms with van der Waals surface area (Å²) in [6.07, 6.45) is 3.57. The van der Waals surface area contributed by atoms with Crippen molar-refractivity contribution < 1.29 is 17.9 Å².